The van der Waals surface area contributed by atoms with Crippen molar-refractivity contribution in [3.63, 3.8) is 0 Å². The molecular formula is C24H23FN2O4. The van der Waals surface area contributed by atoms with Gasteiger partial charge in [0.05, 0.1) is 32.4 Å². The highest BCUT2D eigenvalue weighted by Gasteiger charge is 2.21. The molecule has 1 fully saturated rings. The number of morpholine rings is 1. The molecule has 2 heterocycles. The van der Waals surface area contributed by atoms with Crippen LogP contribution in [0.1, 0.15) is 21.7 Å². The molecule has 3 aromatic rings. The lowest BCUT2D eigenvalue weighted by Gasteiger charge is -2.27. The summed E-state index contributed by atoms with van der Waals surface area (Å²) in [5.74, 6) is -0.437. The number of hydrogen-bond donors (Lipinski definition) is 0. The Labute approximate surface area is 179 Å². The highest BCUT2D eigenvalue weighted by atomic mass is 19.1. The first kappa shape index (κ1) is 20.8. The standard InChI is InChI=1S/C24H23FN2O4/c25-20-4-1-3-19(15-20)17-27(24(29)22-5-2-12-31-22)21-8-6-18(7-9-21)16-23(28)26-10-13-30-14-11-26/h1-9,12,15H,10-11,13-14,16-17H2. The molecule has 2 aromatic carbocycles. The van der Waals surface area contributed by atoms with Gasteiger partial charge in [0.15, 0.2) is 5.76 Å². The topological polar surface area (TPSA) is 63.0 Å². The molecule has 0 saturated carbocycles. The van der Waals surface area contributed by atoms with Crippen molar-refractivity contribution in [3.05, 3.63) is 89.6 Å². The van der Waals surface area contributed by atoms with Crippen LogP contribution in [0.2, 0.25) is 0 Å². The minimum atomic E-state index is -0.361. The fraction of sp³-hybridized carbons (Fsp3) is 0.250. The first-order valence-electron chi connectivity index (χ1n) is 10.1. The third-order valence-corrected chi connectivity index (χ3v) is 5.17. The Hall–Kier alpha value is -3.45. The van der Waals surface area contributed by atoms with Gasteiger partial charge >= 0.3 is 0 Å². The van der Waals surface area contributed by atoms with Crippen LogP contribution in [-0.2, 0) is 22.5 Å². The summed E-state index contributed by atoms with van der Waals surface area (Å²) in [6, 6.07) is 16.6. The molecule has 1 saturated heterocycles. The number of ether oxygens (including phenoxy) is 1. The number of benzene rings is 2. The molecule has 0 spiro atoms. The van der Waals surface area contributed by atoms with Crippen molar-refractivity contribution >= 4 is 17.5 Å². The van der Waals surface area contributed by atoms with Crippen molar-refractivity contribution in [2.75, 3.05) is 31.2 Å². The fourth-order valence-corrected chi connectivity index (χ4v) is 3.52. The third kappa shape index (κ3) is 5.19. The number of carbonyl (C=O) groups is 2. The molecule has 0 radical (unpaired) electrons. The SMILES string of the molecule is O=C(Cc1ccc(N(Cc2cccc(F)c2)C(=O)c2ccco2)cc1)N1CCOCC1. The van der Waals surface area contributed by atoms with Crippen LogP contribution in [0, 0.1) is 5.82 Å². The molecule has 1 aliphatic rings. The van der Waals surface area contributed by atoms with Crippen LogP contribution in [0.5, 0.6) is 0 Å². The van der Waals surface area contributed by atoms with Gasteiger partial charge in [-0.05, 0) is 47.5 Å². The fourth-order valence-electron chi connectivity index (χ4n) is 3.52. The summed E-state index contributed by atoms with van der Waals surface area (Å²) in [6.45, 7) is 2.53. The van der Waals surface area contributed by atoms with E-state index in [1.165, 1.54) is 23.3 Å². The highest BCUT2D eigenvalue weighted by Crippen LogP contribution is 2.22. The number of anilines is 1. The second kappa shape index (κ2) is 9.57. The Kier molecular flexibility index (Phi) is 6.43. The summed E-state index contributed by atoms with van der Waals surface area (Å²) < 4.78 is 24.2. The van der Waals surface area contributed by atoms with Gasteiger partial charge in [-0.1, -0.05) is 24.3 Å². The average Bonchev–Trinajstić information content (AvgIpc) is 3.33. The molecule has 0 N–H and O–H groups in total. The maximum Gasteiger partial charge on any atom is 0.294 e. The Bertz CT molecular complexity index is 1030. The molecule has 6 nitrogen and oxygen atoms in total. The Balaban J connectivity index is 1.53. The van der Waals surface area contributed by atoms with Crippen molar-refractivity contribution < 1.29 is 23.1 Å². The van der Waals surface area contributed by atoms with Crippen molar-refractivity contribution in [2.24, 2.45) is 0 Å². The first-order chi connectivity index (χ1) is 15.1. The number of amides is 2. The molecule has 0 atom stereocenters. The molecule has 2 amide bonds. The predicted octanol–water partition coefficient (Wildman–Crippen LogP) is 3.67. The van der Waals surface area contributed by atoms with Crippen LogP contribution >= 0.6 is 0 Å². The second-order valence-electron chi connectivity index (χ2n) is 7.33. The number of furan rings is 1. The molecule has 4 rings (SSSR count). The number of rotatable bonds is 6. The zero-order valence-electron chi connectivity index (χ0n) is 17.0. The molecular weight excluding hydrogens is 399 g/mol. The number of carbonyl (C=O) groups excluding carboxylic acids is 2. The van der Waals surface area contributed by atoms with Crippen LogP contribution < -0.4 is 4.90 Å². The zero-order valence-corrected chi connectivity index (χ0v) is 17.0. The van der Waals surface area contributed by atoms with Crippen molar-refractivity contribution in [1.82, 2.24) is 4.90 Å². The summed E-state index contributed by atoms with van der Waals surface area (Å²) >= 11 is 0. The van der Waals surface area contributed by atoms with Gasteiger partial charge in [0.25, 0.3) is 5.91 Å². The smallest absolute Gasteiger partial charge is 0.294 e. The van der Waals surface area contributed by atoms with E-state index < -0.39 is 0 Å². The number of halogens is 1. The van der Waals surface area contributed by atoms with Gasteiger partial charge < -0.3 is 19.0 Å². The van der Waals surface area contributed by atoms with E-state index in [0.717, 1.165) is 5.56 Å². The van der Waals surface area contributed by atoms with Crippen molar-refractivity contribution in [1.29, 1.82) is 0 Å². The normalized spacial score (nSPS) is 13.8. The van der Waals surface area contributed by atoms with Gasteiger partial charge in [-0.2, -0.15) is 0 Å². The Morgan fingerprint density at radius 1 is 0.968 bits per heavy atom. The van der Waals surface area contributed by atoms with Crippen molar-refractivity contribution in [3.8, 4) is 0 Å². The van der Waals surface area contributed by atoms with E-state index in [1.54, 1.807) is 41.3 Å². The van der Waals surface area contributed by atoms with Crippen molar-refractivity contribution in [2.45, 2.75) is 13.0 Å². The number of nitrogens with zero attached hydrogens (tertiary/aromatic N) is 2. The van der Waals surface area contributed by atoms with E-state index in [-0.39, 0.29) is 36.4 Å². The summed E-state index contributed by atoms with van der Waals surface area (Å²) in [6.07, 6.45) is 1.73. The van der Waals surface area contributed by atoms with E-state index in [0.29, 0.717) is 37.6 Å². The van der Waals surface area contributed by atoms with Crippen LogP contribution in [-0.4, -0.2) is 43.0 Å². The molecule has 160 valence electrons. The summed E-state index contributed by atoms with van der Waals surface area (Å²) in [7, 11) is 0. The first-order valence-corrected chi connectivity index (χ1v) is 10.1. The van der Waals surface area contributed by atoms with Crippen LogP contribution in [0.4, 0.5) is 10.1 Å². The number of hydrogen-bond acceptors (Lipinski definition) is 4. The van der Waals surface area contributed by atoms with Gasteiger partial charge in [-0.3, -0.25) is 9.59 Å². The predicted molar refractivity (Wildman–Crippen MR) is 113 cm³/mol. The maximum absolute atomic E-state index is 13.7. The quantitative estimate of drug-likeness (QED) is 0.608. The molecule has 31 heavy (non-hydrogen) atoms. The van der Waals surface area contributed by atoms with E-state index in [9.17, 15) is 14.0 Å². The monoisotopic (exact) mass is 422 g/mol. The largest absolute Gasteiger partial charge is 0.459 e. The Morgan fingerprint density at radius 3 is 2.42 bits per heavy atom. The maximum atomic E-state index is 13.7. The minimum Gasteiger partial charge on any atom is -0.459 e. The highest BCUT2D eigenvalue weighted by molar-refractivity contribution is 6.04. The average molecular weight is 422 g/mol. The second-order valence-corrected chi connectivity index (χ2v) is 7.33. The molecule has 7 heteroatoms. The molecule has 0 aliphatic carbocycles. The lowest BCUT2D eigenvalue weighted by Crippen LogP contribution is -2.41. The third-order valence-electron chi connectivity index (χ3n) is 5.17. The molecule has 0 bridgehead atoms. The lowest BCUT2D eigenvalue weighted by atomic mass is 10.1. The van der Waals surface area contributed by atoms with E-state index in [2.05, 4.69) is 0 Å². The Morgan fingerprint density at radius 2 is 1.74 bits per heavy atom. The van der Waals surface area contributed by atoms with Gasteiger partial charge in [0, 0.05) is 18.8 Å². The summed E-state index contributed by atoms with van der Waals surface area (Å²) in [5, 5.41) is 0. The van der Waals surface area contributed by atoms with Gasteiger partial charge in [0.2, 0.25) is 5.91 Å². The van der Waals surface area contributed by atoms with E-state index >= 15 is 0 Å². The summed E-state index contributed by atoms with van der Waals surface area (Å²) in [4.78, 5) is 28.8. The molecule has 1 aliphatic heterocycles. The van der Waals surface area contributed by atoms with E-state index in [4.69, 9.17) is 9.15 Å². The van der Waals surface area contributed by atoms with Gasteiger partial charge in [-0.15, -0.1) is 0 Å². The van der Waals surface area contributed by atoms with Crippen LogP contribution in [0.3, 0.4) is 0 Å². The van der Waals surface area contributed by atoms with Crippen LogP contribution in [0.25, 0.3) is 0 Å². The lowest BCUT2D eigenvalue weighted by molar-refractivity contribution is -0.134. The summed E-state index contributed by atoms with van der Waals surface area (Å²) in [5.41, 5.74) is 2.15. The molecule has 1 aromatic heterocycles. The van der Waals surface area contributed by atoms with Gasteiger partial charge in [-0.25, -0.2) is 4.39 Å². The van der Waals surface area contributed by atoms with E-state index in [1.807, 2.05) is 12.1 Å². The minimum absolute atomic E-state index is 0.0549. The van der Waals surface area contributed by atoms with Gasteiger partial charge in [0.1, 0.15) is 5.82 Å². The van der Waals surface area contributed by atoms with Crippen LogP contribution in [0.15, 0.2) is 71.3 Å². The molecule has 0 unspecified atom stereocenters. The zero-order chi connectivity index (χ0) is 21.6.